The van der Waals surface area contributed by atoms with Gasteiger partial charge in [0.15, 0.2) is 0 Å². The largest absolute Gasteiger partial charge is 0.342 e. The van der Waals surface area contributed by atoms with Crippen LogP contribution in [0.25, 0.3) is 0 Å². The maximum atomic E-state index is 12.5. The van der Waals surface area contributed by atoms with Crippen LogP contribution in [0.2, 0.25) is 0 Å². The van der Waals surface area contributed by atoms with Gasteiger partial charge in [-0.1, -0.05) is 34.6 Å². The van der Waals surface area contributed by atoms with Gasteiger partial charge in [-0.05, 0) is 57.0 Å². The van der Waals surface area contributed by atoms with E-state index < -0.39 is 0 Å². The summed E-state index contributed by atoms with van der Waals surface area (Å²) in [5, 5.41) is 3.13. The van der Waals surface area contributed by atoms with Crippen molar-refractivity contribution in [2.45, 2.75) is 60.3 Å². The predicted octanol–water partition coefficient (Wildman–Crippen LogP) is 2.69. The van der Waals surface area contributed by atoms with E-state index in [9.17, 15) is 9.59 Å². The molecule has 6 heteroatoms. The summed E-state index contributed by atoms with van der Waals surface area (Å²) in [6.07, 6.45) is 4.48. The zero-order valence-electron chi connectivity index (χ0n) is 19.9. The van der Waals surface area contributed by atoms with E-state index in [0.29, 0.717) is 30.8 Å². The molecule has 0 spiro atoms. The summed E-state index contributed by atoms with van der Waals surface area (Å²) in [6.45, 7) is 16.8. The quantitative estimate of drug-likeness (QED) is 0.668. The van der Waals surface area contributed by atoms with Crippen LogP contribution < -0.4 is 5.32 Å². The average molecular weight is 411 g/mol. The number of hydrogen-bond donors (Lipinski definition) is 1. The second kappa shape index (κ2) is 14.0. The molecule has 1 N–H and O–H groups in total. The van der Waals surface area contributed by atoms with Gasteiger partial charge in [0.05, 0.1) is 13.1 Å². The number of likely N-dealkylation sites (N-methyl/N-ethyl adjacent to an activating group) is 2. The van der Waals surface area contributed by atoms with Crippen LogP contribution in [0.4, 0.5) is 0 Å². The molecular formula is C23H46N4O2. The van der Waals surface area contributed by atoms with Crippen molar-refractivity contribution < 1.29 is 9.59 Å². The first-order chi connectivity index (χ1) is 13.9. The minimum Gasteiger partial charge on any atom is -0.342 e. The smallest absolute Gasteiger partial charge is 0.236 e. The van der Waals surface area contributed by atoms with Crippen LogP contribution in [-0.4, -0.2) is 85.9 Å². The van der Waals surface area contributed by atoms with Crippen molar-refractivity contribution in [3.05, 3.63) is 0 Å². The lowest BCUT2D eigenvalue weighted by Crippen LogP contribution is -2.47. The lowest BCUT2D eigenvalue weighted by atomic mass is 9.78. The van der Waals surface area contributed by atoms with Gasteiger partial charge in [-0.25, -0.2) is 0 Å². The van der Waals surface area contributed by atoms with Crippen LogP contribution in [0.1, 0.15) is 60.3 Å². The summed E-state index contributed by atoms with van der Waals surface area (Å²) < 4.78 is 0. The molecule has 29 heavy (non-hydrogen) atoms. The first-order valence-corrected chi connectivity index (χ1v) is 11.9. The predicted molar refractivity (Wildman–Crippen MR) is 121 cm³/mol. The molecule has 0 aromatic heterocycles. The van der Waals surface area contributed by atoms with Crippen molar-refractivity contribution in [2.24, 2.45) is 17.8 Å². The van der Waals surface area contributed by atoms with Gasteiger partial charge in [0.25, 0.3) is 0 Å². The summed E-state index contributed by atoms with van der Waals surface area (Å²) in [7, 11) is 2.04. The van der Waals surface area contributed by atoms with Crippen molar-refractivity contribution in [1.29, 1.82) is 0 Å². The zero-order chi connectivity index (χ0) is 21.8. The van der Waals surface area contributed by atoms with Gasteiger partial charge in [-0.2, -0.15) is 0 Å². The van der Waals surface area contributed by atoms with Crippen LogP contribution in [0, 0.1) is 17.8 Å². The Morgan fingerprint density at radius 1 is 0.931 bits per heavy atom. The Hall–Kier alpha value is -1.14. The molecule has 2 aliphatic heterocycles. The summed E-state index contributed by atoms with van der Waals surface area (Å²) in [5.41, 5.74) is 0. The maximum absolute atomic E-state index is 12.5. The number of likely N-dealkylation sites (tertiary alicyclic amines) is 2. The standard InChI is InChI=1S/C21H40N4O2.C2H6/c1-5-22-14-20(26)24-10-6-18(7-11-24)19-8-12-25(13-9-19)21(27)16-23(4)15-17(2)3;1-2/h17-19,22H,5-16H2,1-4H3;1-2H3. The Morgan fingerprint density at radius 3 is 1.79 bits per heavy atom. The molecule has 2 aliphatic rings. The van der Waals surface area contributed by atoms with E-state index in [-0.39, 0.29) is 11.8 Å². The molecule has 0 bridgehead atoms. The fourth-order valence-corrected chi connectivity index (χ4v) is 4.60. The van der Waals surface area contributed by atoms with Crippen molar-refractivity contribution in [1.82, 2.24) is 20.0 Å². The summed E-state index contributed by atoms with van der Waals surface area (Å²) >= 11 is 0. The number of carbonyl (C=O) groups is 2. The van der Waals surface area contributed by atoms with Crippen LogP contribution in [0.5, 0.6) is 0 Å². The number of hydrogen-bond acceptors (Lipinski definition) is 4. The monoisotopic (exact) mass is 410 g/mol. The Labute approximate surface area is 179 Å². The normalized spacial score (nSPS) is 18.8. The minimum absolute atomic E-state index is 0.237. The van der Waals surface area contributed by atoms with Crippen LogP contribution >= 0.6 is 0 Å². The molecule has 6 nitrogen and oxygen atoms in total. The fourth-order valence-electron chi connectivity index (χ4n) is 4.60. The molecule has 2 amide bonds. The highest BCUT2D eigenvalue weighted by Crippen LogP contribution is 2.32. The second-order valence-electron chi connectivity index (χ2n) is 8.81. The maximum Gasteiger partial charge on any atom is 0.236 e. The van der Waals surface area contributed by atoms with Gasteiger partial charge in [0.2, 0.25) is 11.8 Å². The molecule has 0 unspecified atom stereocenters. The number of nitrogens with zero attached hydrogens (tertiary/aromatic N) is 3. The highest BCUT2D eigenvalue weighted by atomic mass is 16.2. The highest BCUT2D eigenvalue weighted by Gasteiger charge is 2.31. The Bertz CT molecular complexity index is 467. The minimum atomic E-state index is 0.237. The lowest BCUT2D eigenvalue weighted by Gasteiger charge is -2.40. The summed E-state index contributed by atoms with van der Waals surface area (Å²) in [5.74, 6) is 2.54. The van der Waals surface area contributed by atoms with Crippen LogP contribution in [0.15, 0.2) is 0 Å². The molecule has 0 saturated carbocycles. The van der Waals surface area contributed by atoms with Gasteiger partial charge in [-0.3, -0.25) is 14.5 Å². The van der Waals surface area contributed by atoms with E-state index in [2.05, 4.69) is 29.0 Å². The van der Waals surface area contributed by atoms with Gasteiger partial charge in [-0.15, -0.1) is 0 Å². The van der Waals surface area contributed by atoms with E-state index in [1.807, 2.05) is 32.7 Å². The molecule has 0 aromatic carbocycles. The first-order valence-electron chi connectivity index (χ1n) is 11.9. The number of carbonyl (C=O) groups excluding carboxylic acids is 2. The SMILES string of the molecule is CC.CCNCC(=O)N1CCC(C2CCN(C(=O)CN(C)CC(C)C)CC2)CC1. The third-order valence-electron chi connectivity index (χ3n) is 6.06. The molecule has 2 saturated heterocycles. The highest BCUT2D eigenvalue weighted by molar-refractivity contribution is 5.78. The average Bonchev–Trinajstić information content (AvgIpc) is 2.73. The zero-order valence-corrected chi connectivity index (χ0v) is 19.9. The van der Waals surface area contributed by atoms with Gasteiger partial charge in [0.1, 0.15) is 0 Å². The van der Waals surface area contributed by atoms with Crippen molar-refractivity contribution in [3.8, 4) is 0 Å². The molecule has 2 fully saturated rings. The van der Waals surface area contributed by atoms with E-state index in [0.717, 1.165) is 65.0 Å². The third kappa shape index (κ3) is 9.04. The summed E-state index contributed by atoms with van der Waals surface area (Å²) in [4.78, 5) is 30.9. The first kappa shape index (κ1) is 25.9. The molecule has 170 valence electrons. The molecule has 0 aliphatic carbocycles. The van der Waals surface area contributed by atoms with Gasteiger partial charge in [0, 0.05) is 32.7 Å². The number of amides is 2. The van der Waals surface area contributed by atoms with E-state index in [4.69, 9.17) is 0 Å². The van der Waals surface area contributed by atoms with Crippen molar-refractivity contribution in [2.75, 3.05) is 59.4 Å². The topological polar surface area (TPSA) is 55.9 Å². The third-order valence-corrected chi connectivity index (χ3v) is 6.06. The van der Waals surface area contributed by atoms with E-state index in [1.165, 1.54) is 0 Å². The number of piperidine rings is 2. The molecular weight excluding hydrogens is 364 g/mol. The molecule has 2 heterocycles. The number of rotatable bonds is 8. The Morgan fingerprint density at radius 2 is 1.38 bits per heavy atom. The number of nitrogens with one attached hydrogen (secondary N) is 1. The Balaban J connectivity index is 0.00000204. The van der Waals surface area contributed by atoms with Crippen molar-refractivity contribution in [3.63, 3.8) is 0 Å². The molecule has 0 radical (unpaired) electrons. The molecule has 2 rings (SSSR count). The van der Waals surface area contributed by atoms with Crippen LogP contribution in [0.3, 0.4) is 0 Å². The van der Waals surface area contributed by atoms with Crippen LogP contribution in [-0.2, 0) is 9.59 Å². The van der Waals surface area contributed by atoms with Gasteiger partial charge >= 0.3 is 0 Å². The molecule has 0 atom stereocenters. The second-order valence-corrected chi connectivity index (χ2v) is 8.81. The fraction of sp³-hybridized carbons (Fsp3) is 0.913. The Kier molecular flexibility index (Phi) is 12.5. The van der Waals surface area contributed by atoms with E-state index in [1.54, 1.807) is 0 Å². The van der Waals surface area contributed by atoms with E-state index >= 15 is 0 Å². The van der Waals surface area contributed by atoms with Gasteiger partial charge < -0.3 is 15.1 Å². The molecule has 0 aromatic rings. The lowest BCUT2D eigenvalue weighted by molar-refractivity contribution is -0.135. The van der Waals surface area contributed by atoms with Crippen molar-refractivity contribution >= 4 is 11.8 Å². The summed E-state index contributed by atoms with van der Waals surface area (Å²) in [6, 6.07) is 0.